The fourth-order valence-corrected chi connectivity index (χ4v) is 5.76. The van der Waals surface area contributed by atoms with Gasteiger partial charge in [0.2, 0.25) is 0 Å². The summed E-state index contributed by atoms with van der Waals surface area (Å²) in [5.74, 6) is -0.573. The quantitative estimate of drug-likeness (QED) is 0.183. The fraction of sp³-hybridized carbons (Fsp3) is 0.216. The lowest BCUT2D eigenvalue weighted by molar-refractivity contribution is 0.00578. The molecule has 0 atom stereocenters. The Labute approximate surface area is 279 Å². The van der Waals surface area contributed by atoms with Crippen molar-refractivity contribution in [3.63, 3.8) is 0 Å². The van der Waals surface area contributed by atoms with E-state index in [2.05, 4.69) is 9.97 Å². The molecular formula is C37H35B2F3N4O2. The van der Waals surface area contributed by atoms with E-state index in [9.17, 15) is 0 Å². The van der Waals surface area contributed by atoms with Gasteiger partial charge in [-0.05, 0) is 124 Å². The smallest absolute Gasteiger partial charge is 0.399 e. The summed E-state index contributed by atoms with van der Waals surface area (Å²) in [4.78, 5) is 13.0. The van der Waals surface area contributed by atoms with Gasteiger partial charge in [-0.2, -0.15) is 0 Å². The van der Waals surface area contributed by atoms with Crippen LogP contribution in [0.5, 0.6) is 0 Å². The number of allylic oxidation sites excluding steroid dienone is 3. The molecule has 0 spiro atoms. The minimum absolute atomic E-state index is 0.229. The summed E-state index contributed by atoms with van der Waals surface area (Å²) in [6.45, 7) is 11.2. The molecule has 1 saturated heterocycles. The summed E-state index contributed by atoms with van der Waals surface area (Å²) in [6.07, 6.45) is 15.7. The first-order chi connectivity index (χ1) is 22.8. The maximum atomic E-state index is 16.1. The van der Waals surface area contributed by atoms with E-state index in [0.29, 0.717) is 33.8 Å². The average molecular weight is 646 g/mol. The number of rotatable bonds is 8. The third kappa shape index (κ3) is 6.53. The third-order valence-electron chi connectivity index (χ3n) is 9.01. The molecule has 2 aliphatic heterocycles. The Bertz CT molecular complexity index is 1980. The van der Waals surface area contributed by atoms with Gasteiger partial charge in [-0.25, -0.2) is 9.38 Å². The number of aryl methyl sites for hydroxylation is 1. The van der Waals surface area contributed by atoms with Crippen molar-refractivity contribution in [1.82, 2.24) is 14.4 Å². The zero-order valence-corrected chi connectivity index (χ0v) is 27.7. The number of benzene rings is 1. The normalized spacial score (nSPS) is 18.1. The van der Waals surface area contributed by atoms with E-state index in [1.807, 2.05) is 65.0 Å². The van der Waals surface area contributed by atoms with Gasteiger partial charge in [0.05, 0.1) is 22.6 Å². The second kappa shape index (κ2) is 13.1. The van der Waals surface area contributed by atoms with E-state index < -0.39 is 31.5 Å². The Morgan fingerprint density at radius 3 is 1.96 bits per heavy atom. The van der Waals surface area contributed by atoms with Crippen LogP contribution in [0.25, 0.3) is 23.8 Å². The van der Waals surface area contributed by atoms with E-state index in [-0.39, 0.29) is 11.2 Å². The van der Waals surface area contributed by atoms with Gasteiger partial charge in [-0.3, -0.25) is 18.6 Å². The summed E-state index contributed by atoms with van der Waals surface area (Å²) < 4.78 is 59.5. The average Bonchev–Trinajstić information content (AvgIpc) is 3.65. The van der Waals surface area contributed by atoms with Gasteiger partial charge in [0.25, 0.3) is 0 Å². The fourth-order valence-electron chi connectivity index (χ4n) is 5.76. The molecule has 4 aromatic rings. The largest absolute Gasteiger partial charge is 0.678 e. The van der Waals surface area contributed by atoms with E-state index in [1.54, 1.807) is 74.2 Å². The second-order valence-corrected chi connectivity index (χ2v) is 12.9. The zero-order valence-electron chi connectivity index (χ0n) is 27.7. The number of nitrogens with zero attached hydrogens (tertiary/aromatic N) is 4. The Morgan fingerprint density at radius 2 is 1.40 bits per heavy atom. The van der Waals surface area contributed by atoms with E-state index in [1.165, 1.54) is 6.07 Å². The summed E-state index contributed by atoms with van der Waals surface area (Å²) in [6, 6.07) is 13.7. The lowest BCUT2D eigenvalue weighted by Crippen LogP contribution is -2.41. The van der Waals surface area contributed by atoms with Crippen LogP contribution in [0.15, 0.2) is 102 Å². The highest BCUT2D eigenvalue weighted by Crippen LogP contribution is 2.39. The molecule has 2 aliphatic rings. The molecule has 242 valence electrons. The van der Waals surface area contributed by atoms with Gasteiger partial charge in [0.1, 0.15) is 5.82 Å². The molecule has 0 aliphatic carbocycles. The van der Waals surface area contributed by atoms with Gasteiger partial charge in [0.15, 0.2) is 0 Å². The highest BCUT2D eigenvalue weighted by Gasteiger charge is 2.52. The number of aromatic nitrogens is 3. The highest BCUT2D eigenvalue weighted by atomic mass is 19.2. The Balaban J connectivity index is 1.51. The molecule has 0 bridgehead atoms. The summed E-state index contributed by atoms with van der Waals surface area (Å²) >= 11 is 0. The molecule has 6 rings (SSSR count). The van der Waals surface area contributed by atoms with Crippen LogP contribution in [0.2, 0.25) is 0 Å². The zero-order chi connectivity index (χ0) is 34.2. The summed E-state index contributed by atoms with van der Waals surface area (Å²) in [7, 11) is -3.82. The van der Waals surface area contributed by atoms with Crippen molar-refractivity contribution in [3.8, 4) is 0 Å². The maximum absolute atomic E-state index is 16.1. The Morgan fingerprint density at radius 1 is 0.812 bits per heavy atom. The first kappa shape index (κ1) is 33.2. The number of halogens is 3. The molecular weight excluding hydrogens is 611 g/mol. The highest BCUT2D eigenvalue weighted by molar-refractivity contribution is 6.62. The van der Waals surface area contributed by atoms with Gasteiger partial charge < -0.3 is 13.8 Å². The molecule has 11 heteroatoms. The van der Waals surface area contributed by atoms with Crippen LogP contribution < -0.4 is 5.46 Å². The standard InChI is InChI=1S/C37H35B2F3N4O2/c1-24-21-29(10-7-26-13-17-43-18-14-26)45-34(24)33(28-9-12-31(32(40)23-28)38-47-36(3,4)37(5,6)48-38)35-25(2)22-30(46(35)39(41)42)11-8-27-15-19-44-20-16-27/h7-23H,1-6H3/b10-7+,11-8-,34-33-. The lowest BCUT2D eigenvalue weighted by Gasteiger charge is -2.32. The Hall–Kier alpha value is -4.73. The summed E-state index contributed by atoms with van der Waals surface area (Å²) in [5, 5.41) is 0. The molecule has 48 heavy (non-hydrogen) atoms. The number of aliphatic imine (C=N–C) groups is 1. The number of hydrogen-bond acceptors (Lipinski definition) is 5. The van der Waals surface area contributed by atoms with Gasteiger partial charge in [-0.15, -0.1) is 0 Å². The van der Waals surface area contributed by atoms with Crippen molar-refractivity contribution in [2.45, 2.75) is 52.7 Å². The molecule has 0 N–H and O–H groups in total. The van der Waals surface area contributed by atoms with Gasteiger partial charge >= 0.3 is 14.5 Å². The molecule has 0 amide bonds. The van der Waals surface area contributed by atoms with Crippen LogP contribution in [0.1, 0.15) is 68.3 Å². The van der Waals surface area contributed by atoms with Crippen LogP contribution in [0.4, 0.5) is 13.0 Å². The van der Waals surface area contributed by atoms with Crippen LogP contribution in [-0.2, 0) is 9.31 Å². The SMILES string of the molecule is CC1=CC(/C=C/c2ccncc2)=NC/1=C(/c1ccc(B2OC(C)(C)C(C)(C)O2)c(F)c1)c1c(C)cc(/C=C\c2ccncc2)n1B(F)F. The van der Waals surface area contributed by atoms with Crippen LogP contribution >= 0.6 is 0 Å². The lowest BCUT2D eigenvalue weighted by atomic mass is 9.77. The molecule has 3 aromatic heterocycles. The van der Waals surface area contributed by atoms with E-state index in [4.69, 9.17) is 14.3 Å². The predicted octanol–water partition coefficient (Wildman–Crippen LogP) is 7.84. The molecule has 0 radical (unpaired) electrons. The first-order valence-electron chi connectivity index (χ1n) is 15.7. The molecule has 0 saturated carbocycles. The first-order valence-corrected chi connectivity index (χ1v) is 15.7. The van der Waals surface area contributed by atoms with E-state index in [0.717, 1.165) is 21.2 Å². The number of hydrogen-bond donors (Lipinski definition) is 0. The monoisotopic (exact) mass is 646 g/mol. The van der Waals surface area contributed by atoms with Crippen LogP contribution in [-0.4, -0.2) is 45.9 Å². The second-order valence-electron chi connectivity index (χ2n) is 12.9. The van der Waals surface area contributed by atoms with Crippen molar-refractivity contribution < 1.29 is 22.3 Å². The molecule has 1 aromatic carbocycles. The van der Waals surface area contributed by atoms with E-state index >= 15 is 13.0 Å². The molecule has 5 heterocycles. The van der Waals surface area contributed by atoms with Crippen LogP contribution in [0.3, 0.4) is 0 Å². The maximum Gasteiger partial charge on any atom is 0.678 e. The van der Waals surface area contributed by atoms with Crippen molar-refractivity contribution in [1.29, 1.82) is 0 Å². The topological polar surface area (TPSA) is 61.5 Å². The van der Waals surface area contributed by atoms with Crippen molar-refractivity contribution >= 4 is 49.5 Å². The minimum Gasteiger partial charge on any atom is -0.399 e. The molecule has 6 nitrogen and oxygen atoms in total. The van der Waals surface area contributed by atoms with Gasteiger partial charge in [0, 0.05) is 47.2 Å². The molecule has 1 fully saturated rings. The Kier molecular flexibility index (Phi) is 9.02. The molecule has 0 unspecified atom stereocenters. The number of pyridine rings is 2. The van der Waals surface area contributed by atoms with Crippen molar-refractivity contribution in [2.75, 3.05) is 0 Å². The third-order valence-corrected chi connectivity index (χ3v) is 9.01. The van der Waals surface area contributed by atoms with Crippen molar-refractivity contribution in [3.05, 3.63) is 136 Å². The minimum atomic E-state index is -2.89. The summed E-state index contributed by atoms with van der Waals surface area (Å²) in [5.41, 5.74) is 4.43. The van der Waals surface area contributed by atoms with Gasteiger partial charge in [-0.1, -0.05) is 24.3 Å². The van der Waals surface area contributed by atoms with Crippen LogP contribution in [0, 0.1) is 12.7 Å². The van der Waals surface area contributed by atoms with Crippen molar-refractivity contribution in [2.24, 2.45) is 4.99 Å². The predicted molar refractivity (Wildman–Crippen MR) is 188 cm³/mol.